The van der Waals surface area contributed by atoms with Crippen molar-refractivity contribution in [2.75, 3.05) is 31.2 Å². The fourth-order valence-corrected chi connectivity index (χ4v) is 1.93. The van der Waals surface area contributed by atoms with Gasteiger partial charge in [-0.15, -0.1) is 0 Å². The van der Waals surface area contributed by atoms with Crippen molar-refractivity contribution in [2.45, 2.75) is 0 Å². The van der Waals surface area contributed by atoms with Gasteiger partial charge in [0.15, 0.2) is 0 Å². The Morgan fingerprint density at radius 2 is 2.00 bits per heavy atom. The molecule has 1 fully saturated rings. The normalized spacial score (nSPS) is 17.2. The third-order valence-corrected chi connectivity index (χ3v) is 2.76. The van der Waals surface area contributed by atoms with E-state index in [1.165, 1.54) is 0 Å². The van der Waals surface area contributed by atoms with E-state index in [9.17, 15) is 0 Å². The molecule has 0 spiro atoms. The number of anilines is 1. The smallest absolute Gasteiger partial charge is 0.356 e. The zero-order chi connectivity index (χ0) is 10.1. The summed E-state index contributed by atoms with van der Waals surface area (Å²) in [5.41, 5.74) is 2.30. The van der Waals surface area contributed by atoms with Crippen LogP contribution in [-0.2, 0) is 4.74 Å². The molecule has 2 N–H and O–H groups in total. The van der Waals surface area contributed by atoms with Crippen molar-refractivity contribution >= 4 is 17.0 Å². The van der Waals surface area contributed by atoms with E-state index >= 15 is 0 Å². The molecule has 78 valence electrons. The SMILES string of the molecule is c1ccc2[nH+]c(N3CCOCC3)[nH]c2c1. The second-order valence-corrected chi connectivity index (χ2v) is 3.74. The number of rotatable bonds is 1. The molecular formula is C11H14N3O+. The molecule has 0 radical (unpaired) electrons. The Bertz CT molecular complexity index is 427. The number of morpholine rings is 1. The van der Waals surface area contributed by atoms with Gasteiger partial charge in [-0.2, -0.15) is 0 Å². The summed E-state index contributed by atoms with van der Waals surface area (Å²) in [4.78, 5) is 9.04. The first-order valence-corrected chi connectivity index (χ1v) is 5.26. The fraction of sp³-hybridized carbons (Fsp3) is 0.364. The number of imidazole rings is 1. The summed E-state index contributed by atoms with van der Waals surface area (Å²) in [7, 11) is 0. The summed E-state index contributed by atoms with van der Waals surface area (Å²) in [6.07, 6.45) is 0. The van der Waals surface area contributed by atoms with Gasteiger partial charge < -0.3 is 4.74 Å². The van der Waals surface area contributed by atoms with Gasteiger partial charge in [-0.25, -0.2) is 9.97 Å². The van der Waals surface area contributed by atoms with Crippen LogP contribution in [0.5, 0.6) is 0 Å². The number of nitrogens with one attached hydrogen (secondary N) is 2. The van der Waals surface area contributed by atoms with Crippen molar-refractivity contribution in [2.24, 2.45) is 0 Å². The van der Waals surface area contributed by atoms with Crippen molar-refractivity contribution < 1.29 is 9.72 Å². The predicted molar refractivity (Wildman–Crippen MR) is 57.9 cm³/mol. The minimum atomic E-state index is 0.809. The zero-order valence-electron chi connectivity index (χ0n) is 8.49. The average molecular weight is 204 g/mol. The number of fused-ring (bicyclic) bond motifs is 1. The molecule has 1 saturated heterocycles. The zero-order valence-corrected chi connectivity index (χ0v) is 8.49. The number of hydrogen-bond donors (Lipinski definition) is 1. The van der Waals surface area contributed by atoms with Crippen LogP contribution in [0.2, 0.25) is 0 Å². The molecule has 0 amide bonds. The number of H-pyrrole nitrogens is 2. The lowest BCUT2D eigenvalue weighted by atomic mass is 10.3. The van der Waals surface area contributed by atoms with E-state index in [4.69, 9.17) is 4.74 Å². The van der Waals surface area contributed by atoms with Gasteiger partial charge in [0.25, 0.3) is 0 Å². The number of hydrogen-bond acceptors (Lipinski definition) is 2. The lowest BCUT2D eigenvalue weighted by Crippen LogP contribution is -2.39. The van der Waals surface area contributed by atoms with Gasteiger partial charge in [-0.3, -0.25) is 4.90 Å². The monoisotopic (exact) mass is 204 g/mol. The first kappa shape index (κ1) is 8.73. The van der Waals surface area contributed by atoms with Crippen molar-refractivity contribution in [3.8, 4) is 0 Å². The molecule has 0 unspecified atom stereocenters. The van der Waals surface area contributed by atoms with E-state index < -0.39 is 0 Å². The van der Waals surface area contributed by atoms with Crippen LogP contribution in [0.3, 0.4) is 0 Å². The van der Waals surface area contributed by atoms with Crippen LogP contribution in [0.15, 0.2) is 24.3 Å². The van der Waals surface area contributed by atoms with E-state index in [0.717, 1.165) is 43.3 Å². The first-order valence-electron chi connectivity index (χ1n) is 5.26. The summed E-state index contributed by atoms with van der Waals surface area (Å²) in [6.45, 7) is 3.51. The van der Waals surface area contributed by atoms with E-state index in [-0.39, 0.29) is 0 Å². The molecule has 0 atom stereocenters. The Labute approximate surface area is 87.9 Å². The van der Waals surface area contributed by atoms with Gasteiger partial charge in [0, 0.05) is 0 Å². The van der Waals surface area contributed by atoms with Crippen LogP contribution in [0.4, 0.5) is 5.95 Å². The molecule has 1 aliphatic heterocycles. The number of nitrogens with zero attached hydrogens (tertiary/aromatic N) is 1. The maximum atomic E-state index is 5.33. The van der Waals surface area contributed by atoms with Gasteiger partial charge in [0.05, 0.1) is 26.3 Å². The van der Waals surface area contributed by atoms with Gasteiger partial charge in [-0.05, 0) is 12.1 Å². The van der Waals surface area contributed by atoms with Gasteiger partial charge in [-0.1, -0.05) is 12.1 Å². The molecular weight excluding hydrogens is 190 g/mol. The van der Waals surface area contributed by atoms with Crippen molar-refractivity contribution in [1.82, 2.24) is 4.98 Å². The number of para-hydroxylation sites is 2. The maximum Gasteiger partial charge on any atom is 0.356 e. The molecule has 1 aromatic heterocycles. The average Bonchev–Trinajstić information content (AvgIpc) is 2.74. The van der Waals surface area contributed by atoms with Crippen LogP contribution in [0.25, 0.3) is 11.0 Å². The molecule has 0 bridgehead atoms. The molecule has 2 heterocycles. The van der Waals surface area contributed by atoms with E-state index in [2.05, 4.69) is 27.0 Å². The molecule has 1 aliphatic rings. The van der Waals surface area contributed by atoms with Crippen molar-refractivity contribution in [1.29, 1.82) is 0 Å². The Kier molecular flexibility index (Phi) is 2.07. The van der Waals surface area contributed by atoms with Crippen LogP contribution >= 0.6 is 0 Å². The second kappa shape index (κ2) is 3.55. The number of aromatic nitrogens is 2. The highest BCUT2D eigenvalue weighted by atomic mass is 16.5. The lowest BCUT2D eigenvalue weighted by molar-refractivity contribution is -0.330. The molecule has 3 rings (SSSR count). The Morgan fingerprint density at radius 3 is 2.80 bits per heavy atom. The molecule has 4 heteroatoms. The van der Waals surface area contributed by atoms with E-state index in [1.54, 1.807) is 0 Å². The summed E-state index contributed by atoms with van der Waals surface area (Å²) < 4.78 is 5.33. The summed E-state index contributed by atoms with van der Waals surface area (Å²) in [5.74, 6) is 1.08. The quantitative estimate of drug-likeness (QED) is 0.747. The fourth-order valence-electron chi connectivity index (χ4n) is 1.93. The third-order valence-electron chi connectivity index (χ3n) is 2.76. The molecule has 0 saturated carbocycles. The highest BCUT2D eigenvalue weighted by Gasteiger charge is 2.20. The number of benzene rings is 1. The number of aromatic amines is 2. The van der Waals surface area contributed by atoms with E-state index in [1.807, 2.05) is 12.1 Å². The van der Waals surface area contributed by atoms with Gasteiger partial charge >= 0.3 is 5.95 Å². The van der Waals surface area contributed by atoms with E-state index in [0.29, 0.717) is 0 Å². The van der Waals surface area contributed by atoms with Gasteiger partial charge in [0.1, 0.15) is 11.0 Å². The highest BCUT2D eigenvalue weighted by Crippen LogP contribution is 2.13. The van der Waals surface area contributed by atoms with Crippen molar-refractivity contribution in [3.63, 3.8) is 0 Å². The summed E-state index contributed by atoms with van der Waals surface area (Å²) in [6, 6.07) is 8.23. The third kappa shape index (κ3) is 1.57. The standard InChI is InChI=1S/C11H13N3O/c1-2-4-10-9(3-1)12-11(13-10)14-5-7-15-8-6-14/h1-4H,5-8H2,(H,12,13)/p+1. The maximum absolute atomic E-state index is 5.33. The molecule has 4 nitrogen and oxygen atoms in total. The van der Waals surface area contributed by atoms with Crippen LogP contribution in [-0.4, -0.2) is 31.3 Å². The Hall–Kier alpha value is -1.55. The number of ether oxygens (including phenoxy) is 1. The molecule has 0 aliphatic carbocycles. The van der Waals surface area contributed by atoms with Crippen LogP contribution in [0.1, 0.15) is 0 Å². The minimum absolute atomic E-state index is 0.809. The summed E-state index contributed by atoms with van der Waals surface area (Å²) >= 11 is 0. The first-order chi connectivity index (χ1) is 7.43. The predicted octanol–water partition coefficient (Wildman–Crippen LogP) is 0.819. The van der Waals surface area contributed by atoms with Crippen LogP contribution in [0, 0.1) is 0 Å². The van der Waals surface area contributed by atoms with Crippen LogP contribution < -0.4 is 9.88 Å². The lowest BCUT2D eigenvalue weighted by Gasteiger charge is -2.20. The topological polar surface area (TPSA) is 42.4 Å². The molecule has 2 aromatic rings. The molecule has 1 aromatic carbocycles. The summed E-state index contributed by atoms with van der Waals surface area (Å²) in [5, 5.41) is 0. The van der Waals surface area contributed by atoms with Crippen molar-refractivity contribution in [3.05, 3.63) is 24.3 Å². The Morgan fingerprint density at radius 1 is 1.20 bits per heavy atom. The highest BCUT2D eigenvalue weighted by molar-refractivity contribution is 5.72. The Balaban J connectivity index is 1.96. The molecule has 15 heavy (non-hydrogen) atoms. The van der Waals surface area contributed by atoms with Gasteiger partial charge in [0.2, 0.25) is 0 Å². The second-order valence-electron chi connectivity index (χ2n) is 3.74. The minimum Gasteiger partial charge on any atom is -0.375 e. The largest absolute Gasteiger partial charge is 0.375 e.